The van der Waals surface area contributed by atoms with Gasteiger partial charge in [0.15, 0.2) is 11.5 Å². The van der Waals surface area contributed by atoms with Crippen molar-refractivity contribution < 1.29 is 22.4 Å². The Morgan fingerprint density at radius 3 is 2.45 bits per heavy atom. The summed E-state index contributed by atoms with van der Waals surface area (Å²) in [5, 5.41) is 0. The number of likely N-dealkylation sites (N-methyl/N-ethyl adjacent to an activating group) is 1. The van der Waals surface area contributed by atoms with Gasteiger partial charge in [0, 0.05) is 48.5 Å². The smallest absolute Gasteiger partial charge is 0.369 e. The second-order valence-corrected chi connectivity index (χ2v) is 6.79. The zero-order valence-corrected chi connectivity index (χ0v) is 15.9. The predicted molar refractivity (Wildman–Crippen MR) is 102 cm³/mol. The molecule has 3 heterocycles. The van der Waals surface area contributed by atoms with Crippen LogP contribution in [0.3, 0.4) is 0 Å². The fourth-order valence-electron chi connectivity index (χ4n) is 3.36. The molecule has 0 saturated heterocycles. The van der Waals surface area contributed by atoms with E-state index in [2.05, 4.69) is 19.9 Å². The van der Waals surface area contributed by atoms with Crippen molar-refractivity contribution in [2.24, 2.45) is 10.7 Å². The number of rotatable bonds is 3. The maximum atomic E-state index is 15.1. The lowest BCUT2D eigenvalue weighted by molar-refractivity contribution is -0.138. The lowest BCUT2D eigenvalue weighted by Crippen LogP contribution is -2.41. The molecule has 2 aromatic heterocycles. The molecule has 0 bridgehead atoms. The number of alkyl halides is 3. The van der Waals surface area contributed by atoms with Crippen LogP contribution in [0.1, 0.15) is 16.7 Å². The van der Waals surface area contributed by atoms with Gasteiger partial charge in [-0.3, -0.25) is 24.6 Å². The number of aliphatic imine (C=N–C) groups is 1. The summed E-state index contributed by atoms with van der Waals surface area (Å²) in [6.45, 7) is 0. The number of nitrogens with two attached hydrogens (primary N) is 1. The van der Waals surface area contributed by atoms with Crippen molar-refractivity contribution in [3.63, 3.8) is 0 Å². The maximum absolute atomic E-state index is 15.1. The van der Waals surface area contributed by atoms with Crippen LogP contribution in [0.15, 0.2) is 60.2 Å². The summed E-state index contributed by atoms with van der Waals surface area (Å²) in [5.41, 5.74) is 2.73. The van der Waals surface area contributed by atoms with E-state index in [1.807, 2.05) is 0 Å². The van der Waals surface area contributed by atoms with Crippen molar-refractivity contribution in [2.75, 3.05) is 7.05 Å². The van der Waals surface area contributed by atoms with Gasteiger partial charge in [0.05, 0.1) is 17.5 Å². The second-order valence-electron chi connectivity index (χ2n) is 6.79. The highest BCUT2D eigenvalue weighted by molar-refractivity contribution is 6.09. The highest BCUT2D eigenvalue weighted by Gasteiger charge is 2.52. The molecule has 158 valence electrons. The van der Waals surface area contributed by atoms with E-state index in [-0.39, 0.29) is 17.1 Å². The molecule has 1 atom stereocenters. The summed E-state index contributed by atoms with van der Waals surface area (Å²) >= 11 is 0. The zero-order valence-electron chi connectivity index (χ0n) is 15.9. The predicted octanol–water partition coefficient (Wildman–Crippen LogP) is 2.73. The SMILES string of the molecule is CN1C(=O)C(c2cncc(C(F)(F)F)c2)(c2cc(-c3cnccn3)ccc2F)N=C1N. The molecule has 1 aromatic carbocycles. The summed E-state index contributed by atoms with van der Waals surface area (Å²) in [6.07, 6.45) is 1.22. The summed E-state index contributed by atoms with van der Waals surface area (Å²) in [6, 6.07) is 4.51. The Kier molecular flexibility index (Phi) is 4.68. The van der Waals surface area contributed by atoms with Gasteiger partial charge in [-0.25, -0.2) is 9.38 Å². The molecule has 7 nitrogen and oxygen atoms in total. The van der Waals surface area contributed by atoms with Crippen LogP contribution < -0.4 is 5.73 Å². The van der Waals surface area contributed by atoms with Gasteiger partial charge in [-0.1, -0.05) is 0 Å². The fraction of sp³-hybridized carbons (Fsp3) is 0.150. The van der Waals surface area contributed by atoms with E-state index >= 15 is 4.39 Å². The standard InChI is InChI=1S/C20H14F4N6O/c1-30-17(31)19(29-18(30)25,12-7-13(9-27-8-12)20(22,23)24)14-6-11(2-3-15(14)21)16-10-26-4-5-28-16/h2-10H,1H3,(H2,25,29). The third-order valence-corrected chi connectivity index (χ3v) is 4.94. The first-order valence-electron chi connectivity index (χ1n) is 8.87. The maximum Gasteiger partial charge on any atom is 0.417 e. The minimum absolute atomic E-state index is 0.269. The zero-order chi connectivity index (χ0) is 22.4. The monoisotopic (exact) mass is 430 g/mol. The van der Waals surface area contributed by atoms with Gasteiger partial charge in [-0.05, 0) is 24.3 Å². The Morgan fingerprint density at radius 2 is 1.84 bits per heavy atom. The number of aromatic nitrogens is 3. The highest BCUT2D eigenvalue weighted by atomic mass is 19.4. The molecule has 2 N–H and O–H groups in total. The van der Waals surface area contributed by atoms with E-state index in [0.717, 1.165) is 23.2 Å². The Morgan fingerprint density at radius 1 is 1.06 bits per heavy atom. The van der Waals surface area contributed by atoms with Crippen LogP contribution in [0, 0.1) is 5.82 Å². The fourth-order valence-corrected chi connectivity index (χ4v) is 3.36. The number of pyridine rings is 1. The molecule has 3 aromatic rings. The van der Waals surface area contributed by atoms with Crippen LogP contribution >= 0.6 is 0 Å². The number of hydrogen-bond acceptors (Lipinski definition) is 6. The topological polar surface area (TPSA) is 97.4 Å². The third kappa shape index (κ3) is 3.27. The molecule has 1 amide bonds. The van der Waals surface area contributed by atoms with Gasteiger partial charge in [-0.2, -0.15) is 13.2 Å². The Labute approximate surface area is 173 Å². The largest absolute Gasteiger partial charge is 0.417 e. The van der Waals surface area contributed by atoms with E-state index in [0.29, 0.717) is 17.5 Å². The lowest BCUT2D eigenvalue weighted by atomic mass is 9.82. The van der Waals surface area contributed by atoms with Crippen molar-refractivity contribution in [3.8, 4) is 11.3 Å². The van der Waals surface area contributed by atoms with E-state index in [9.17, 15) is 18.0 Å². The normalized spacial score (nSPS) is 18.9. The molecule has 0 radical (unpaired) electrons. The molecular formula is C20H14F4N6O. The van der Waals surface area contributed by atoms with Crippen LogP contribution in [0.5, 0.6) is 0 Å². The van der Waals surface area contributed by atoms with Crippen LogP contribution in [0.25, 0.3) is 11.3 Å². The summed E-state index contributed by atoms with van der Waals surface area (Å²) in [4.78, 5) is 30.0. The minimum atomic E-state index is -4.73. The molecule has 11 heteroatoms. The van der Waals surface area contributed by atoms with Crippen LogP contribution in [-0.2, 0) is 16.5 Å². The second kappa shape index (κ2) is 7.11. The molecule has 0 fully saturated rings. The Balaban J connectivity index is 2.00. The Bertz CT molecular complexity index is 1200. The van der Waals surface area contributed by atoms with Gasteiger partial charge in [0.1, 0.15) is 5.82 Å². The van der Waals surface area contributed by atoms with Gasteiger partial charge in [-0.15, -0.1) is 0 Å². The molecule has 31 heavy (non-hydrogen) atoms. The number of nitrogens with zero attached hydrogens (tertiary/aromatic N) is 5. The first-order valence-corrected chi connectivity index (χ1v) is 8.87. The quantitative estimate of drug-likeness (QED) is 0.645. The summed E-state index contributed by atoms with van der Waals surface area (Å²) in [5.74, 6) is -1.95. The average Bonchev–Trinajstić information content (AvgIpc) is 2.99. The van der Waals surface area contributed by atoms with Crippen molar-refractivity contribution in [1.82, 2.24) is 19.9 Å². The van der Waals surface area contributed by atoms with Crippen molar-refractivity contribution in [3.05, 3.63) is 77.8 Å². The van der Waals surface area contributed by atoms with Crippen LogP contribution in [0.2, 0.25) is 0 Å². The number of benzene rings is 1. The molecular weight excluding hydrogens is 416 g/mol. The van der Waals surface area contributed by atoms with Gasteiger partial charge < -0.3 is 5.73 Å². The third-order valence-electron chi connectivity index (χ3n) is 4.94. The van der Waals surface area contributed by atoms with Crippen molar-refractivity contribution in [2.45, 2.75) is 11.7 Å². The number of halogens is 4. The van der Waals surface area contributed by atoms with E-state index in [1.165, 1.54) is 37.8 Å². The van der Waals surface area contributed by atoms with E-state index < -0.39 is 29.0 Å². The minimum Gasteiger partial charge on any atom is -0.369 e. The van der Waals surface area contributed by atoms with Gasteiger partial charge >= 0.3 is 6.18 Å². The number of guanidine groups is 1. The van der Waals surface area contributed by atoms with Gasteiger partial charge in [0.25, 0.3) is 5.91 Å². The Hall–Kier alpha value is -3.89. The number of carbonyl (C=O) groups is 1. The highest BCUT2D eigenvalue weighted by Crippen LogP contribution is 2.42. The first kappa shape index (κ1) is 20.4. The van der Waals surface area contributed by atoms with E-state index in [4.69, 9.17) is 5.73 Å². The van der Waals surface area contributed by atoms with Crippen molar-refractivity contribution >= 4 is 11.9 Å². The van der Waals surface area contributed by atoms with Gasteiger partial charge in [0.2, 0.25) is 0 Å². The number of hydrogen-bond donors (Lipinski definition) is 1. The number of carbonyl (C=O) groups excluding carboxylic acids is 1. The molecule has 1 aliphatic rings. The van der Waals surface area contributed by atoms with Crippen LogP contribution in [0.4, 0.5) is 17.6 Å². The molecule has 0 aliphatic carbocycles. The first-order chi connectivity index (χ1) is 14.6. The van der Waals surface area contributed by atoms with Crippen molar-refractivity contribution in [1.29, 1.82) is 0 Å². The molecule has 0 spiro atoms. The summed E-state index contributed by atoms with van der Waals surface area (Å²) in [7, 11) is 1.30. The molecule has 1 aliphatic heterocycles. The summed E-state index contributed by atoms with van der Waals surface area (Å²) < 4.78 is 55.0. The lowest BCUT2D eigenvalue weighted by Gasteiger charge is -2.27. The average molecular weight is 430 g/mol. The molecule has 1 unspecified atom stereocenters. The molecule has 4 rings (SSSR count). The van der Waals surface area contributed by atoms with E-state index in [1.54, 1.807) is 0 Å². The van der Waals surface area contributed by atoms with Crippen LogP contribution in [-0.4, -0.2) is 38.8 Å². The number of amides is 1. The molecule has 0 saturated carbocycles.